The number of nitrogen functional groups attached to an aromatic ring is 1. The van der Waals surface area contributed by atoms with Crippen molar-refractivity contribution in [2.24, 2.45) is 0 Å². The highest BCUT2D eigenvalue weighted by molar-refractivity contribution is 6.32. The van der Waals surface area contributed by atoms with Gasteiger partial charge in [0.05, 0.1) is 16.3 Å². The molecule has 0 spiro atoms. The molecule has 0 saturated carbocycles. The summed E-state index contributed by atoms with van der Waals surface area (Å²) in [5.74, 6) is 0.440. The van der Waals surface area contributed by atoms with Crippen molar-refractivity contribution in [3.05, 3.63) is 46.1 Å². The molecule has 1 aromatic heterocycles. The predicted molar refractivity (Wildman–Crippen MR) is 69.4 cm³/mol. The van der Waals surface area contributed by atoms with E-state index in [0.717, 1.165) is 16.9 Å². The number of nitrogens with two attached hydrogens (primary N) is 1. The van der Waals surface area contributed by atoms with Crippen molar-refractivity contribution in [2.45, 2.75) is 13.8 Å². The van der Waals surface area contributed by atoms with E-state index in [9.17, 15) is 0 Å². The number of nitriles is 1. The molecule has 0 aliphatic carbocycles. The van der Waals surface area contributed by atoms with Gasteiger partial charge in [0.15, 0.2) is 0 Å². The summed E-state index contributed by atoms with van der Waals surface area (Å²) in [5.41, 5.74) is 9.14. The molecule has 86 valence electrons. The van der Waals surface area contributed by atoms with Crippen molar-refractivity contribution in [1.29, 1.82) is 5.26 Å². The average molecular weight is 246 g/mol. The Morgan fingerprint density at radius 1 is 1.29 bits per heavy atom. The van der Waals surface area contributed by atoms with Crippen LogP contribution in [0.25, 0.3) is 5.69 Å². The van der Waals surface area contributed by atoms with E-state index < -0.39 is 0 Å². The SMILES string of the molecule is Cc1c(C#N)c(N)n(-c2ccccc2Cl)c1C. The topological polar surface area (TPSA) is 54.7 Å². The van der Waals surface area contributed by atoms with Gasteiger partial charge in [-0.1, -0.05) is 23.7 Å². The summed E-state index contributed by atoms with van der Waals surface area (Å²) in [7, 11) is 0. The third-order valence-corrected chi connectivity index (χ3v) is 3.27. The van der Waals surface area contributed by atoms with Gasteiger partial charge in [0, 0.05) is 5.69 Å². The Kier molecular flexibility index (Phi) is 2.83. The van der Waals surface area contributed by atoms with Crippen molar-refractivity contribution in [1.82, 2.24) is 4.57 Å². The summed E-state index contributed by atoms with van der Waals surface area (Å²) in [6.07, 6.45) is 0. The predicted octanol–water partition coefficient (Wildman–Crippen LogP) is 3.20. The van der Waals surface area contributed by atoms with Crippen LogP contribution in [0.3, 0.4) is 0 Å². The average Bonchev–Trinajstić information content (AvgIpc) is 2.52. The standard InChI is InChI=1S/C13H12ClN3/c1-8-9(2)17(13(16)10(8)7-15)12-6-4-3-5-11(12)14/h3-6H,16H2,1-2H3. The number of halogens is 1. The van der Waals surface area contributed by atoms with Gasteiger partial charge in [0.2, 0.25) is 0 Å². The Labute approximate surface area is 105 Å². The number of para-hydroxylation sites is 1. The molecule has 0 atom stereocenters. The zero-order chi connectivity index (χ0) is 12.6. The lowest BCUT2D eigenvalue weighted by molar-refractivity contribution is 1.02. The molecule has 2 N–H and O–H groups in total. The molecule has 0 aliphatic rings. The van der Waals surface area contributed by atoms with E-state index in [1.165, 1.54) is 0 Å². The highest BCUT2D eigenvalue weighted by Gasteiger charge is 2.17. The second-order valence-corrected chi connectivity index (χ2v) is 4.28. The Hall–Kier alpha value is -1.92. The van der Waals surface area contributed by atoms with E-state index in [1.807, 2.05) is 36.6 Å². The summed E-state index contributed by atoms with van der Waals surface area (Å²) >= 11 is 6.15. The van der Waals surface area contributed by atoms with Crippen LogP contribution in [0.1, 0.15) is 16.8 Å². The third-order valence-electron chi connectivity index (χ3n) is 2.96. The van der Waals surface area contributed by atoms with Gasteiger partial charge in [-0.05, 0) is 31.5 Å². The molecule has 2 aromatic rings. The molecule has 0 amide bonds. The number of aromatic nitrogens is 1. The Morgan fingerprint density at radius 3 is 2.47 bits per heavy atom. The maximum absolute atomic E-state index is 9.08. The van der Waals surface area contributed by atoms with E-state index in [2.05, 4.69) is 6.07 Å². The fraction of sp³-hybridized carbons (Fsp3) is 0.154. The lowest BCUT2D eigenvalue weighted by Crippen LogP contribution is -2.03. The molecule has 4 heteroatoms. The van der Waals surface area contributed by atoms with Crippen LogP contribution in [0.5, 0.6) is 0 Å². The molecule has 17 heavy (non-hydrogen) atoms. The summed E-state index contributed by atoms with van der Waals surface area (Å²) < 4.78 is 1.82. The van der Waals surface area contributed by atoms with Crippen molar-refractivity contribution in [2.75, 3.05) is 5.73 Å². The number of hydrogen-bond acceptors (Lipinski definition) is 2. The fourth-order valence-corrected chi connectivity index (χ4v) is 2.14. The number of rotatable bonds is 1. The second-order valence-electron chi connectivity index (χ2n) is 3.87. The van der Waals surface area contributed by atoms with Crippen molar-refractivity contribution >= 4 is 17.4 Å². The summed E-state index contributed by atoms with van der Waals surface area (Å²) in [6.45, 7) is 3.81. The van der Waals surface area contributed by atoms with Crippen LogP contribution in [0.4, 0.5) is 5.82 Å². The Balaban J connectivity index is 2.79. The lowest BCUT2D eigenvalue weighted by atomic mass is 10.2. The van der Waals surface area contributed by atoms with Gasteiger partial charge in [-0.2, -0.15) is 5.26 Å². The van der Waals surface area contributed by atoms with Crippen LogP contribution in [0.2, 0.25) is 5.02 Å². The van der Waals surface area contributed by atoms with Crippen molar-refractivity contribution < 1.29 is 0 Å². The molecule has 0 radical (unpaired) electrons. The van der Waals surface area contributed by atoms with Crippen LogP contribution in [-0.4, -0.2) is 4.57 Å². The third kappa shape index (κ3) is 1.67. The minimum absolute atomic E-state index is 0.440. The maximum Gasteiger partial charge on any atom is 0.126 e. The summed E-state index contributed by atoms with van der Waals surface area (Å²) in [6, 6.07) is 9.56. The largest absolute Gasteiger partial charge is 0.384 e. The molecule has 2 rings (SSSR count). The quantitative estimate of drug-likeness (QED) is 0.839. The molecule has 0 aliphatic heterocycles. The van der Waals surface area contributed by atoms with Crippen LogP contribution in [-0.2, 0) is 0 Å². The number of anilines is 1. The van der Waals surface area contributed by atoms with Gasteiger partial charge in [-0.15, -0.1) is 0 Å². The molecular weight excluding hydrogens is 234 g/mol. The fourth-order valence-electron chi connectivity index (χ4n) is 1.92. The highest BCUT2D eigenvalue weighted by atomic mass is 35.5. The van der Waals surface area contributed by atoms with E-state index in [1.54, 1.807) is 6.07 Å². The number of nitrogens with zero attached hydrogens (tertiary/aromatic N) is 2. The van der Waals surface area contributed by atoms with Crippen LogP contribution < -0.4 is 5.73 Å². The van der Waals surface area contributed by atoms with E-state index >= 15 is 0 Å². The van der Waals surface area contributed by atoms with Crippen LogP contribution in [0, 0.1) is 25.2 Å². The first-order chi connectivity index (χ1) is 8.07. The minimum Gasteiger partial charge on any atom is -0.384 e. The molecular formula is C13H12ClN3. The van der Waals surface area contributed by atoms with Gasteiger partial charge in [0.25, 0.3) is 0 Å². The lowest BCUT2D eigenvalue weighted by Gasteiger charge is -2.10. The molecule has 0 saturated heterocycles. The first-order valence-corrected chi connectivity index (χ1v) is 5.58. The van der Waals surface area contributed by atoms with Crippen LogP contribution in [0.15, 0.2) is 24.3 Å². The molecule has 0 unspecified atom stereocenters. The van der Waals surface area contributed by atoms with E-state index in [4.69, 9.17) is 22.6 Å². The van der Waals surface area contributed by atoms with Gasteiger partial charge < -0.3 is 5.73 Å². The summed E-state index contributed by atoms with van der Waals surface area (Å²) in [5, 5.41) is 9.69. The molecule has 0 fully saturated rings. The Morgan fingerprint density at radius 2 is 1.94 bits per heavy atom. The monoisotopic (exact) mass is 245 g/mol. The van der Waals surface area contributed by atoms with Gasteiger partial charge in [0.1, 0.15) is 11.9 Å². The highest BCUT2D eigenvalue weighted by Crippen LogP contribution is 2.30. The van der Waals surface area contributed by atoms with Gasteiger partial charge in [-0.3, -0.25) is 4.57 Å². The zero-order valence-corrected chi connectivity index (χ0v) is 10.4. The molecule has 3 nitrogen and oxygen atoms in total. The van der Waals surface area contributed by atoms with Crippen molar-refractivity contribution in [3.63, 3.8) is 0 Å². The molecule has 1 heterocycles. The molecule has 1 aromatic carbocycles. The van der Waals surface area contributed by atoms with Crippen LogP contribution >= 0.6 is 11.6 Å². The van der Waals surface area contributed by atoms with Crippen molar-refractivity contribution in [3.8, 4) is 11.8 Å². The summed E-state index contributed by atoms with van der Waals surface area (Å²) in [4.78, 5) is 0. The second kappa shape index (κ2) is 4.15. The normalized spacial score (nSPS) is 10.2. The smallest absolute Gasteiger partial charge is 0.126 e. The minimum atomic E-state index is 0.440. The number of benzene rings is 1. The van der Waals surface area contributed by atoms with E-state index in [0.29, 0.717) is 16.4 Å². The molecule has 0 bridgehead atoms. The number of hydrogen-bond donors (Lipinski definition) is 1. The maximum atomic E-state index is 9.08. The van der Waals surface area contributed by atoms with E-state index in [-0.39, 0.29) is 0 Å². The first kappa shape index (κ1) is 11.6. The zero-order valence-electron chi connectivity index (χ0n) is 9.66. The van der Waals surface area contributed by atoms with Gasteiger partial charge >= 0.3 is 0 Å². The Bertz CT molecular complexity index is 620. The first-order valence-electron chi connectivity index (χ1n) is 5.20. The van der Waals surface area contributed by atoms with Gasteiger partial charge in [-0.25, -0.2) is 0 Å².